The van der Waals surface area contributed by atoms with Crippen molar-refractivity contribution in [1.29, 1.82) is 0 Å². The van der Waals surface area contributed by atoms with E-state index in [1.54, 1.807) is 12.1 Å². The minimum Gasteiger partial charge on any atom is -0.360 e. The standard InChI is InChI=1S/C20H30FN3O3S/c1-3-16(2)24(19-8-13-28(26,27)15-19)20(25)14-22-9-11-23(12-10-22)18-6-4-17(21)5-7-18/h4-7,16,19H,3,8-15H2,1-2H3/p+1/t16-,19+/m0/s1. The smallest absolute Gasteiger partial charge is 0.278 e. The van der Waals surface area contributed by atoms with Crippen molar-refractivity contribution < 1.29 is 22.5 Å². The van der Waals surface area contributed by atoms with Crippen LogP contribution in [0.4, 0.5) is 10.1 Å². The number of rotatable bonds is 6. The van der Waals surface area contributed by atoms with Gasteiger partial charge in [-0.1, -0.05) is 6.92 Å². The van der Waals surface area contributed by atoms with Crippen molar-refractivity contribution in [3.63, 3.8) is 0 Å². The number of quaternary nitrogens is 1. The fraction of sp³-hybridized carbons (Fsp3) is 0.650. The summed E-state index contributed by atoms with van der Waals surface area (Å²) >= 11 is 0. The van der Waals surface area contributed by atoms with Gasteiger partial charge in [0.1, 0.15) is 5.82 Å². The summed E-state index contributed by atoms with van der Waals surface area (Å²) in [5.74, 6) is 0.0945. The number of sulfone groups is 1. The Morgan fingerprint density at radius 2 is 1.93 bits per heavy atom. The maximum atomic E-state index is 13.1. The van der Waals surface area contributed by atoms with Gasteiger partial charge in [0.25, 0.3) is 5.91 Å². The van der Waals surface area contributed by atoms with E-state index in [1.165, 1.54) is 17.0 Å². The van der Waals surface area contributed by atoms with Gasteiger partial charge in [-0.25, -0.2) is 12.8 Å². The van der Waals surface area contributed by atoms with Gasteiger partial charge in [0, 0.05) is 17.8 Å². The summed E-state index contributed by atoms with van der Waals surface area (Å²) in [6.07, 6.45) is 1.36. The van der Waals surface area contributed by atoms with Crippen LogP contribution in [0.2, 0.25) is 0 Å². The predicted octanol–water partition coefficient (Wildman–Crippen LogP) is 0.345. The summed E-state index contributed by atoms with van der Waals surface area (Å²) in [6.45, 7) is 7.73. The SMILES string of the molecule is CC[C@H](C)N(C(=O)C[NH+]1CCN(c2ccc(F)cc2)CC1)[C@@H]1CCS(=O)(=O)C1. The van der Waals surface area contributed by atoms with Crippen LogP contribution in [0.25, 0.3) is 0 Å². The lowest BCUT2D eigenvalue weighted by Gasteiger charge is -2.37. The van der Waals surface area contributed by atoms with Gasteiger partial charge in [0.15, 0.2) is 16.4 Å². The summed E-state index contributed by atoms with van der Waals surface area (Å²) in [4.78, 5) is 18.3. The van der Waals surface area contributed by atoms with Gasteiger partial charge >= 0.3 is 0 Å². The highest BCUT2D eigenvalue weighted by molar-refractivity contribution is 7.91. The molecule has 0 unspecified atom stereocenters. The first-order chi connectivity index (χ1) is 13.3. The third-order valence-electron chi connectivity index (χ3n) is 6.02. The Labute approximate surface area is 167 Å². The maximum absolute atomic E-state index is 13.1. The zero-order valence-corrected chi connectivity index (χ0v) is 17.5. The van der Waals surface area contributed by atoms with Crippen LogP contribution in [0.5, 0.6) is 0 Å². The van der Waals surface area contributed by atoms with Crippen molar-refractivity contribution in [3.05, 3.63) is 30.1 Å². The topological polar surface area (TPSA) is 62.1 Å². The molecule has 2 saturated heterocycles. The van der Waals surface area contributed by atoms with Crippen molar-refractivity contribution in [2.75, 3.05) is 49.1 Å². The second-order valence-electron chi connectivity index (χ2n) is 8.01. The van der Waals surface area contributed by atoms with Crippen molar-refractivity contribution in [1.82, 2.24) is 4.90 Å². The number of carbonyl (C=O) groups is 1. The first-order valence-electron chi connectivity index (χ1n) is 10.1. The molecule has 2 aliphatic heterocycles. The van der Waals surface area contributed by atoms with Crippen LogP contribution in [0, 0.1) is 5.82 Å². The van der Waals surface area contributed by atoms with Crippen LogP contribution in [-0.2, 0) is 14.6 Å². The molecule has 0 aromatic heterocycles. The zero-order valence-electron chi connectivity index (χ0n) is 16.7. The average Bonchev–Trinajstić information content (AvgIpc) is 3.02. The highest BCUT2D eigenvalue weighted by Crippen LogP contribution is 2.21. The fourth-order valence-corrected chi connectivity index (χ4v) is 5.93. The maximum Gasteiger partial charge on any atom is 0.278 e. The Balaban J connectivity index is 1.58. The number of nitrogens with one attached hydrogen (secondary N) is 1. The van der Waals surface area contributed by atoms with Gasteiger partial charge < -0.3 is 14.7 Å². The molecule has 0 radical (unpaired) electrons. The first-order valence-corrected chi connectivity index (χ1v) is 12.0. The lowest BCUT2D eigenvalue weighted by Crippen LogP contribution is -3.16. The number of halogens is 1. The van der Waals surface area contributed by atoms with E-state index in [2.05, 4.69) is 4.90 Å². The molecule has 8 heteroatoms. The monoisotopic (exact) mass is 412 g/mol. The van der Waals surface area contributed by atoms with Gasteiger partial charge in [-0.2, -0.15) is 0 Å². The van der Waals surface area contributed by atoms with Crippen molar-refractivity contribution in [3.8, 4) is 0 Å². The van der Waals surface area contributed by atoms with Gasteiger partial charge in [0.05, 0.1) is 37.7 Å². The quantitative estimate of drug-likeness (QED) is 0.732. The molecule has 2 heterocycles. The number of benzene rings is 1. The minimum atomic E-state index is -3.02. The van der Waals surface area contributed by atoms with E-state index in [9.17, 15) is 17.6 Å². The molecule has 6 nitrogen and oxygen atoms in total. The first kappa shape index (κ1) is 21.0. The predicted molar refractivity (Wildman–Crippen MR) is 108 cm³/mol. The molecule has 1 amide bonds. The molecular weight excluding hydrogens is 381 g/mol. The summed E-state index contributed by atoms with van der Waals surface area (Å²) in [6, 6.07) is 6.38. The average molecular weight is 413 g/mol. The molecule has 28 heavy (non-hydrogen) atoms. The molecule has 2 atom stereocenters. The molecule has 1 N–H and O–H groups in total. The highest BCUT2D eigenvalue weighted by atomic mass is 32.2. The lowest BCUT2D eigenvalue weighted by atomic mass is 10.1. The van der Waals surface area contributed by atoms with Gasteiger partial charge in [-0.15, -0.1) is 0 Å². The van der Waals surface area contributed by atoms with Crippen LogP contribution >= 0.6 is 0 Å². The van der Waals surface area contributed by atoms with Gasteiger partial charge in [-0.3, -0.25) is 4.79 Å². The molecule has 0 bridgehead atoms. The van der Waals surface area contributed by atoms with Crippen LogP contribution in [0.3, 0.4) is 0 Å². The molecule has 0 saturated carbocycles. The van der Waals surface area contributed by atoms with E-state index in [1.807, 2.05) is 18.7 Å². The number of hydrogen-bond acceptors (Lipinski definition) is 4. The Morgan fingerprint density at radius 1 is 1.29 bits per heavy atom. The number of amides is 1. The Morgan fingerprint density at radius 3 is 2.46 bits per heavy atom. The zero-order chi connectivity index (χ0) is 20.3. The number of piperazine rings is 1. The number of hydrogen-bond donors (Lipinski definition) is 1. The molecular formula is C20H31FN3O3S+. The number of anilines is 1. The van der Waals surface area contributed by atoms with E-state index in [0.717, 1.165) is 38.3 Å². The molecule has 0 aliphatic carbocycles. The van der Waals surface area contributed by atoms with Crippen molar-refractivity contribution in [2.45, 2.75) is 38.8 Å². The second kappa shape index (κ2) is 8.78. The minimum absolute atomic E-state index is 0.0469. The fourth-order valence-electron chi connectivity index (χ4n) is 4.22. The van der Waals surface area contributed by atoms with E-state index in [-0.39, 0.29) is 35.3 Å². The number of carbonyl (C=O) groups excluding carboxylic acids is 1. The third kappa shape index (κ3) is 5.03. The Kier molecular flexibility index (Phi) is 6.60. The molecule has 3 rings (SSSR count). The summed E-state index contributed by atoms with van der Waals surface area (Å²) in [5, 5.41) is 0. The third-order valence-corrected chi connectivity index (χ3v) is 7.77. The van der Waals surface area contributed by atoms with Crippen molar-refractivity contribution in [2.24, 2.45) is 0 Å². The van der Waals surface area contributed by atoms with Crippen molar-refractivity contribution >= 4 is 21.4 Å². The Bertz CT molecular complexity index is 776. The van der Waals surface area contributed by atoms with Gasteiger partial charge in [-0.05, 0) is 44.0 Å². The van der Waals surface area contributed by atoms with Crippen LogP contribution < -0.4 is 9.80 Å². The van der Waals surface area contributed by atoms with E-state index < -0.39 is 9.84 Å². The van der Waals surface area contributed by atoms with Crippen LogP contribution in [-0.4, -0.2) is 75.5 Å². The second-order valence-corrected chi connectivity index (χ2v) is 10.2. The molecule has 1 aromatic carbocycles. The summed E-state index contributed by atoms with van der Waals surface area (Å²) < 4.78 is 36.9. The lowest BCUT2D eigenvalue weighted by molar-refractivity contribution is -0.892. The highest BCUT2D eigenvalue weighted by Gasteiger charge is 2.37. The molecule has 1 aromatic rings. The molecule has 0 spiro atoms. The van der Waals surface area contributed by atoms with Crippen LogP contribution in [0.1, 0.15) is 26.7 Å². The summed E-state index contributed by atoms with van der Waals surface area (Å²) in [7, 11) is -3.02. The molecule has 2 fully saturated rings. The molecule has 2 aliphatic rings. The molecule has 156 valence electrons. The van der Waals surface area contributed by atoms with E-state index >= 15 is 0 Å². The number of nitrogens with zero attached hydrogens (tertiary/aromatic N) is 2. The summed E-state index contributed by atoms with van der Waals surface area (Å²) in [5.41, 5.74) is 1.00. The van der Waals surface area contributed by atoms with E-state index in [0.29, 0.717) is 13.0 Å². The largest absolute Gasteiger partial charge is 0.360 e. The van der Waals surface area contributed by atoms with Gasteiger partial charge in [0.2, 0.25) is 0 Å². The van der Waals surface area contributed by atoms with Crippen LogP contribution in [0.15, 0.2) is 24.3 Å². The Hall–Kier alpha value is -1.67. The van der Waals surface area contributed by atoms with E-state index in [4.69, 9.17) is 0 Å². The normalized spacial score (nSPS) is 23.5.